The van der Waals surface area contributed by atoms with Crippen molar-refractivity contribution in [2.75, 3.05) is 13.2 Å². The van der Waals surface area contributed by atoms with Gasteiger partial charge in [-0.2, -0.15) is 0 Å². The molecule has 1 aromatic rings. The van der Waals surface area contributed by atoms with Crippen molar-refractivity contribution in [2.45, 2.75) is 38.3 Å². The van der Waals surface area contributed by atoms with E-state index in [1.165, 1.54) is 18.9 Å². The lowest BCUT2D eigenvalue weighted by Crippen LogP contribution is -2.25. The van der Waals surface area contributed by atoms with Gasteiger partial charge in [-0.1, -0.05) is 11.6 Å². The summed E-state index contributed by atoms with van der Waals surface area (Å²) in [4.78, 5) is 0. The van der Waals surface area contributed by atoms with E-state index in [0.29, 0.717) is 23.2 Å². The molecule has 0 aromatic heterocycles. The van der Waals surface area contributed by atoms with Crippen LogP contribution in [-0.4, -0.2) is 19.3 Å². The lowest BCUT2D eigenvalue weighted by Gasteiger charge is -2.22. The summed E-state index contributed by atoms with van der Waals surface area (Å²) in [5.74, 6) is -0.208. The van der Waals surface area contributed by atoms with Crippen LogP contribution in [0.5, 0.6) is 0 Å². The molecule has 0 radical (unpaired) electrons. The van der Waals surface area contributed by atoms with Crippen molar-refractivity contribution < 1.29 is 9.13 Å². The molecule has 1 aliphatic rings. The fourth-order valence-corrected chi connectivity index (χ4v) is 2.39. The fraction of sp³-hybridized carbons (Fsp3) is 0.571. The van der Waals surface area contributed by atoms with Gasteiger partial charge in [-0.25, -0.2) is 4.39 Å². The van der Waals surface area contributed by atoms with Crippen LogP contribution >= 0.6 is 11.6 Å². The molecule has 1 aliphatic heterocycles. The lowest BCUT2D eigenvalue weighted by atomic mass is 10.1. The third-order valence-corrected chi connectivity index (χ3v) is 3.48. The van der Waals surface area contributed by atoms with Gasteiger partial charge in [-0.3, -0.25) is 0 Å². The van der Waals surface area contributed by atoms with Crippen LogP contribution in [0.15, 0.2) is 18.2 Å². The van der Waals surface area contributed by atoms with E-state index in [0.717, 1.165) is 26.0 Å². The maximum absolute atomic E-state index is 13.4. The van der Waals surface area contributed by atoms with E-state index >= 15 is 0 Å². The fourth-order valence-electron chi connectivity index (χ4n) is 2.20. The molecule has 0 saturated carbocycles. The highest BCUT2D eigenvalue weighted by molar-refractivity contribution is 6.30. The molecule has 18 heavy (non-hydrogen) atoms. The van der Waals surface area contributed by atoms with Crippen LogP contribution in [-0.2, 0) is 11.3 Å². The van der Waals surface area contributed by atoms with Gasteiger partial charge in [-0.05, 0) is 50.4 Å². The molecule has 1 aromatic carbocycles. The molecule has 100 valence electrons. The molecule has 1 N–H and O–H groups in total. The van der Waals surface area contributed by atoms with Gasteiger partial charge >= 0.3 is 0 Å². The molecular formula is C14H19ClFNO. The number of hydrogen-bond acceptors (Lipinski definition) is 2. The van der Waals surface area contributed by atoms with Crippen molar-refractivity contribution in [1.29, 1.82) is 0 Å². The van der Waals surface area contributed by atoms with Crippen LogP contribution in [0.4, 0.5) is 4.39 Å². The van der Waals surface area contributed by atoms with E-state index in [2.05, 4.69) is 5.32 Å². The summed E-state index contributed by atoms with van der Waals surface area (Å²) < 4.78 is 19.1. The Kier molecular flexibility index (Phi) is 5.42. The van der Waals surface area contributed by atoms with Crippen molar-refractivity contribution in [2.24, 2.45) is 0 Å². The Labute approximate surface area is 112 Å². The SMILES string of the molecule is Fc1ccc(Cl)cc1CNCCC1CCCCO1. The third kappa shape index (κ3) is 4.23. The van der Waals surface area contributed by atoms with E-state index in [1.54, 1.807) is 12.1 Å². The first-order valence-corrected chi connectivity index (χ1v) is 6.90. The topological polar surface area (TPSA) is 21.3 Å². The quantitative estimate of drug-likeness (QED) is 0.828. The predicted molar refractivity (Wildman–Crippen MR) is 71.3 cm³/mol. The van der Waals surface area contributed by atoms with Gasteiger partial charge < -0.3 is 10.1 Å². The summed E-state index contributed by atoms with van der Waals surface area (Å²) in [5.41, 5.74) is 0.618. The van der Waals surface area contributed by atoms with E-state index in [1.807, 2.05) is 0 Å². The van der Waals surface area contributed by atoms with Crippen molar-refractivity contribution in [3.05, 3.63) is 34.6 Å². The normalized spacial score (nSPS) is 20.0. The molecule has 1 saturated heterocycles. The number of hydrogen-bond donors (Lipinski definition) is 1. The molecule has 0 amide bonds. The van der Waals surface area contributed by atoms with Gasteiger partial charge in [0.25, 0.3) is 0 Å². The molecule has 0 bridgehead atoms. The summed E-state index contributed by atoms with van der Waals surface area (Å²) in [6.07, 6.45) is 4.94. The molecule has 0 spiro atoms. The van der Waals surface area contributed by atoms with E-state index in [-0.39, 0.29) is 5.82 Å². The second kappa shape index (κ2) is 7.07. The Morgan fingerprint density at radius 2 is 2.28 bits per heavy atom. The molecule has 2 nitrogen and oxygen atoms in total. The zero-order valence-corrected chi connectivity index (χ0v) is 11.2. The van der Waals surface area contributed by atoms with Crippen molar-refractivity contribution in [3.63, 3.8) is 0 Å². The first kappa shape index (κ1) is 13.8. The Bertz CT molecular complexity index is 380. The number of ether oxygens (including phenoxy) is 1. The summed E-state index contributed by atoms with van der Waals surface area (Å²) in [6.45, 7) is 2.24. The monoisotopic (exact) mass is 271 g/mol. The van der Waals surface area contributed by atoms with Crippen LogP contribution in [0, 0.1) is 5.82 Å². The average Bonchev–Trinajstić information content (AvgIpc) is 2.40. The van der Waals surface area contributed by atoms with Gasteiger partial charge in [0.15, 0.2) is 0 Å². The van der Waals surface area contributed by atoms with Crippen LogP contribution in [0.1, 0.15) is 31.2 Å². The Balaban J connectivity index is 1.69. The van der Waals surface area contributed by atoms with Gasteiger partial charge in [0, 0.05) is 23.7 Å². The van der Waals surface area contributed by atoms with Crippen LogP contribution in [0.2, 0.25) is 5.02 Å². The van der Waals surface area contributed by atoms with Gasteiger partial charge in [0.2, 0.25) is 0 Å². The van der Waals surface area contributed by atoms with Gasteiger partial charge in [0.05, 0.1) is 6.10 Å². The highest BCUT2D eigenvalue weighted by Crippen LogP contribution is 2.16. The van der Waals surface area contributed by atoms with Crippen molar-refractivity contribution in [1.82, 2.24) is 5.32 Å². The highest BCUT2D eigenvalue weighted by Gasteiger charge is 2.12. The van der Waals surface area contributed by atoms with Crippen LogP contribution < -0.4 is 5.32 Å². The van der Waals surface area contributed by atoms with Gasteiger partial charge in [-0.15, -0.1) is 0 Å². The second-order valence-corrected chi connectivity index (χ2v) is 5.13. The van der Waals surface area contributed by atoms with Gasteiger partial charge in [0.1, 0.15) is 5.82 Å². The van der Waals surface area contributed by atoms with Crippen molar-refractivity contribution in [3.8, 4) is 0 Å². The smallest absolute Gasteiger partial charge is 0.127 e. The standard InChI is InChI=1S/C14H19ClFNO/c15-12-4-5-14(16)11(9-12)10-17-7-6-13-3-1-2-8-18-13/h4-5,9,13,17H,1-3,6-8,10H2. The molecule has 0 aliphatic carbocycles. The summed E-state index contributed by atoms with van der Waals surface area (Å²) in [6, 6.07) is 4.64. The summed E-state index contributed by atoms with van der Waals surface area (Å²) >= 11 is 5.84. The first-order chi connectivity index (χ1) is 8.75. The maximum Gasteiger partial charge on any atom is 0.127 e. The molecule has 1 fully saturated rings. The number of halogens is 2. The molecule has 1 unspecified atom stereocenters. The second-order valence-electron chi connectivity index (χ2n) is 4.69. The Morgan fingerprint density at radius 1 is 1.39 bits per heavy atom. The van der Waals surface area contributed by atoms with E-state index in [9.17, 15) is 4.39 Å². The molecule has 4 heteroatoms. The van der Waals surface area contributed by atoms with Crippen molar-refractivity contribution >= 4 is 11.6 Å². The summed E-state index contributed by atoms with van der Waals surface area (Å²) in [5, 5.41) is 3.81. The minimum atomic E-state index is -0.208. The Morgan fingerprint density at radius 3 is 3.06 bits per heavy atom. The molecular weight excluding hydrogens is 253 g/mol. The molecule has 1 heterocycles. The van der Waals surface area contributed by atoms with E-state index in [4.69, 9.17) is 16.3 Å². The molecule has 1 atom stereocenters. The average molecular weight is 272 g/mol. The van der Waals surface area contributed by atoms with E-state index < -0.39 is 0 Å². The minimum absolute atomic E-state index is 0.208. The summed E-state index contributed by atoms with van der Waals surface area (Å²) in [7, 11) is 0. The number of benzene rings is 1. The number of rotatable bonds is 5. The minimum Gasteiger partial charge on any atom is -0.378 e. The maximum atomic E-state index is 13.4. The highest BCUT2D eigenvalue weighted by atomic mass is 35.5. The first-order valence-electron chi connectivity index (χ1n) is 6.52. The zero-order valence-electron chi connectivity index (χ0n) is 10.4. The third-order valence-electron chi connectivity index (χ3n) is 3.24. The lowest BCUT2D eigenvalue weighted by molar-refractivity contribution is 0.0115. The molecule has 2 rings (SSSR count). The predicted octanol–water partition coefficient (Wildman–Crippen LogP) is 3.53. The van der Waals surface area contributed by atoms with Crippen LogP contribution in [0.25, 0.3) is 0 Å². The Hall–Kier alpha value is -0.640. The van der Waals surface area contributed by atoms with Crippen LogP contribution in [0.3, 0.4) is 0 Å². The largest absolute Gasteiger partial charge is 0.378 e. The zero-order chi connectivity index (χ0) is 12.8. The number of nitrogens with one attached hydrogen (secondary N) is 1.